The molecule has 1 spiro atoms. The third-order valence-corrected chi connectivity index (χ3v) is 14.0. The van der Waals surface area contributed by atoms with E-state index in [2.05, 4.69) is 11.6 Å². The highest BCUT2D eigenvalue weighted by Gasteiger charge is 2.51. The number of halogens is 4. The number of nitriles is 1. The summed E-state index contributed by atoms with van der Waals surface area (Å²) in [5.41, 5.74) is 2.74. The van der Waals surface area contributed by atoms with Gasteiger partial charge in [0.25, 0.3) is 0 Å². The van der Waals surface area contributed by atoms with Gasteiger partial charge in [0.15, 0.2) is 9.84 Å². The quantitative estimate of drug-likeness (QED) is 0.227. The molecule has 2 aromatic heterocycles. The van der Waals surface area contributed by atoms with Gasteiger partial charge in [0.2, 0.25) is 5.91 Å². The Balaban J connectivity index is 1.57. The van der Waals surface area contributed by atoms with E-state index in [1.54, 1.807) is 23.6 Å². The van der Waals surface area contributed by atoms with Crippen molar-refractivity contribution >= 4 is 70.7 Å². The highest BCUT2D eigenvalue weighted by atomic mass is 32.2. The number of carbonyl (C=O) groups is 1. The van der Waals surface area contributed by atoms with Crippen molar-refractivity contribution in [1.29, 1.82) is 5.26 Å². The van der Waals surface area contributed by atoms with Crippen LogP contribution in [0.1, 0.15) is 25.0 Å². The number of nitrogens with two attached hydrogens (primary N) is 1. The summed E-state index contributed by atoms with van der Waals surface area (Å²) in [5.74, 6) is -1.51. The summed E-state index contributed by atoms with van der Waals surface area (Å²) in [5, 5.41) is 9.84. The molecule has 256 valence electrons. The molecule has 0 bridgehead atoms. The summed E-state index contributed by atoms with van der Waals surface area (Å²) in [4.78, 5) is 34.3. The lowest BCUT2D eigenvalue weighted by Gasteiger charge is -2.44. The number of benzene rings is 2. The average Bonchev–Trinajstić information content (AvgIpc) is 3.25. The number of nitrogens with zero attached hydrogens (tertiary/aromatic N) is 5. The van der Waals surface area contributed by atoms with Crippen LogP contribution in [0.15, 0.2) is 40.5 Å². The van der Waals surface area contributed by atoms with Crippen LogP contribution in [0, 0.1) is 22.6 Å². The van der Waals surface area contributed by atoms with Crippen molar-refractivity contribution in [3.8, 4) is 17.2 Å². The second-order valence-electron chi connectivity index (χ2n) is 13.0. The number of fused-ring (bicyclic) bond motifs is 1. The Morgan fingerprint density at radius 2 is 1.90 bits per heavy atom. The highest BCUT2D eigenvalue weighted by Crippen LogP contribution is 2.54. The SMILES string of the molecule is C=CC(=O)N1C(C)CN(c2nc(=O)n3c4c(c(-c5ccc(F)c6sc(N)c(C#N)c56)c(C(F)(F)F)cc24)SCC2(C3)CS(=O)(=O)C2)C[C@H]1C. The van der Waals surface area contributed by atoms with Crippen LogP contribution in [-0.4, -0.2) is 71.2 Å². The minimum Gasteiger partial charge on any atom is -0.389 e. The average molecular weight is 733 g/mol. The fraction of sp³-hybridized carbons (Fsp3) is 0.375. The molecule has 49 heavy (non-hydrogen) atoms. The number of hydrogen-bond donors (Lipinski definition) is 1. The van der Waals surface area contributed by atoms with E-state index in [0.29, 0.717) is 0 Å². The smallest absolute Gasteiger partial charge is 0.389 e. The number of piperazine rings is 1. The Kier molecular flexibility index (Phi) is 7.62. The fourth-order valence-corrected chi connectivity index (χ4v) is 12.5. The molecule has 2 N–H and O–H groups in total. The van der Waals surface area contributed by atoms with Crippen LogP contribution in [0.25, 0.3) is 32.1 Å². The first-order chi connectivity index (χ1) is 23.0. The molecule has 2 aromatic carbocycles. The summed E-state index contributed by atoms with van der Waals surface area (Å²) in [6.45, 7) is 7.33. The Bertz CT molecular complexity index is 2320. The zero-order chi connectivity index (χ0) is 35.4. The lowest BCUT2D eigenvalue weighted by atomic mass is 9.92. The molecule has 2 fully saturated rings. The molecule has 17 heteroatoms. The molecule has 0 radical (unpaired) electrons. The van der Waals surface area contributed by atoms with Crippen molar-refractivity contribution in [3.63, 3.8) is 0 Å². The molecule has 0 aliphatic carbocycles. The lowest BCUT2D eigenvalue weighted by Crippen LogP contribution is -2.59. The molecule has 10 nitrogen and oxygen atoms in total. The third kappa shape index (κ3) is 5.18. The molecule has 4 aromatic rings. The van der Waals surface area contributed by atoms with Gasteiger partial charge in [0.05, 0.1) is 32.8 Å². The van der Waals surface area contributed by atoms with E-state index >= 15 is 17.6 Å². The van der Waals surface area contributed by atoms with Crippen LogP contribution in [0.4, 0.5) is 28.4 Å². The molecule has 3 aliphatic heterocycles. The first-order valence-electron chi connectivity index (χ1n) is 15.1. The number of alkyl halides is 3. The van der Waals surface area contributed by atoms with Crippen molar-refractivity contribution in [2.24, 2.45) is 5.41 Å². The molecular weight excluding hydrogens is 705 g/mol. The van der Waals surface area contributed by atoms with Crippen molar-refractivity contribution in [2.75, 3.05) is 41.0 Å². The molecule has 5 heterocycles. The molecule has 2 saturated heterocycles. The predicted octanol–water partition coefficient (Wildman–Crippen LogP) is 5.02. The van der Waals surface area contributed by atoms with Gasteiger partial charge in [-0.1, -0.05) is 12.6 Å². The van der Waals surface area contributed by atoms with E-state index in [0.717, 1.165) is 35.2 Å². The minimum absolute atomic E-state index is 0.00141. The minimum atomic E-state index is -4.98. The predicted molar refractivity (Wildman–Crippen MR) is 181 cm³/mol. The normalized spacial score (nSPS) is 21.4. The van der Waals surface area contributed by atoms with E-state index in [1.165, 1.54) is 16.7 Å². The van der Waals surface area contributed by atoms with E-state index in [-0.39, 0.29) is 96.2 Å². The van der Waals surface area contributed by atoms with E-state index in [9.17, 15) is 23.3 Å². The number of carbonyl (C=O) groups excluding carboxylic acids is 1. The molecule has 7 rings (SSSR count). The summed E-state index contributed by atoms with van der Waals surface area (Å²) in [6.07, 6.45) is -3.79. The van der Waals surface area contributed by atoms with Gasteiger partial charge in [0.1, 0.15) is 22.7 Å². The van der Waals surface area contributed by atoms with Crippen LogP contribution in [0.5, 0.6) is 0 Å². The van der Waals surface area contributed by atoms with E-state index in [4.69, 9.17) is 5.73 Å². The number of rotatable bonds is 3. The van der Waals surface area contributed by atoms with Crippen molar-refractivity contribution in [2.45, 2.75) is 43.5 Å². The fourth-order valence-electron chi connectivity index (χ4n) is 7.63. The first kappa shape index (κ1) is 33.4. The Morgan fingerprint density at radius 3 is 2.49 bits per heavy atom. The number of amides is 1. The molecule has 2 atom stereocenters. The summed E-state index contributed by atoms with van der Waals surface area (Å²) in [7, 11) is -3.43. The summed E-state index contributed by atoms with van der Waals surface area (Å²) >= 11 is 1.75. The molecular formula is C32H28F4N6O4S3. The third-order valence-electron chi connectivity index (χ3n) is 9.42. The standard InChI is InChI=1S/C32H28F4N6O4S3/c1-4-22(43)42-15(2)9-40(10-16(42)3)29-18-7-20(32(34,35)36)24(17-5-6-21(33)26-23(17)19(8-37)28(38)48-26)27-25(18)41(30(44)39-29)11-31(12-47-27)13-49(45,46)14-31/h4-7,15-16H,1,9-14,38H2,2-3H3/t15-,16?/m1/s1. The van der Waals surface area contributed by atoms with Gasteiger partial charge >= 0.3 is 11.9 Å². The highest BCUT2D eigenvalue weighted by molar-refractivity contribution is 8.00. The number of hydrogen-bond acceptors (Lipinski definition) is 10. The van der Waals surface area contributed by atoms with Crippen LogP contribution in [-0.2, 0) is 27.4 Å². The molecule has 0 saturated carbocycles. The number of nitrogen functional groups attached to an aromatic ring is 1. The topological polar surface area (TPSA) is 142 Å². The summed E-state index contributed by atoms with van der Waals surface area (Å²) in [6, 6.07) is 4.21. The van der Waals surface area contributed by atoms with Crippen LogP contribution >= 0.6 is 23.1 Å². The van der Waals surface area contributed by atoms with Gasteiger partial charge in [-0.05, 0) is 37.6 Å². The number of sulfone groups is 1. The maximum Gasteiger partial charge on any atom is 0.417 e. The number of aromatic nitrogens is 2. The number of anilines is 2. The largest absolute Gasteiger partial charge is 0.417 e. The van der Waals surface area contributed by atoms with Crippen LogP contribution in [0.3, 0.4) is 0 Å². The zero-order valence-corrected chi connectivity index (χ0v) is 28.5. The number of thioether (sulfide) groups is 1. The van der Waals surface area contributed by atoms with Crippen molar-refractivity contribution in [3.05, 3.63) is 58.3 Å². The zero-order valence-electron chi connectivity index (χ0n) is 26.1. The Morgan fingerprint density at radius 1 is 1.22 bits per heavy atom. The van der Waals surface area contributed by atoms with Gasteiger partial charge in [0, 0.05) is 64.1 Å². The van der Waals surface area contributed by atoms with Gasteiger partial charge in [-0.2, -0.15) is 23.4 Å². The van der Waals surface area contributed by atoms with E-state index in [1.807, 2.05) is 6.07 Å². The Labute approximate surface area is 285 Å². The molecule has 1 amide bonds. The molecule has 1 unspecified atom stereocenters. The van der Waals surface area contributed by atoms with Gasteiger partial charge in [-0.3, -0.25) is 9.36 Å². The van der Waals surface area contributed by atoms with Crippen LogP contribution < -0.4 is 16.3 Å². The van der Waals surface area contributed by atoms with Gasteiger partial charge < -0.3 is 15.5 Å². The number of thiophene rings is 1. The molecule has 3 aliphatic rings. The monoisotopic (exact) mass is 732 g/mol. The van der Waals surface area contributed by atoms with Gasteiger partial charge in [-0.15, -0.1) is 23.1 Å². The van der Waals surface area contributed by atoms with Crippen molar-refractivity contribution in [1.82, 2.24) is 14.5 Å². The Hall–Kier alpha value is -4.14. The van der Waals surface area contributed by atoms with E-state index < -0.39 is 50.6 Å². The maximum absolute atomic E-state index is 15.3. The van der Waals surface area contributed by atoms with Gasteiger partial charge in [-0.25, -0.2) is 17.6 Å². The lowest BCUT2D eigenvalue weighted by molar-refractivity contribution is -0.137. The summed E-state index contributed by atoms with van der Waals surface area (Å²) < 4.78 is 87.2. The van der Waals surface area contributed by atoms with Crippen molar-refractivity contribution < 1.29 is 30.8 Å². The second kappa shape index (κ2) is 11.2. The maximum atomic E-state index is 15.3. The second-order valence-corrected chi connectivity index (χ2v) is 17.1. The first-order valence-corrected chi connectivity index (χ1v) is 18.7. The van der Waals surface area contributed by atoms with Crippen LogP contribution in [0.2, 0.25) is 0 Å².